The lowest BCUT2D eigenvalue weighted by Crippen LogP contribution is -2.46. The molecule has 1 heterocycles. The molecule has 0 aromatic heterocycles. The summed E-state index contributed by atoms with van der Waals surface area (Å²) in [6.45, 7) is 0. The van der Waals surface area contributed by atoms with Crippen LogP contribution in [0.15, 0.2) is 30.3 Å². The number of benzene rings is 1. The number of carbonyl (C=O) groups is 1. The van der Waals surface area contributed by atoms with E-state index >= 15 is 0 Å². The summed E-state index contributed by atoms with van der Waals surface area (Å²) in [5, 5.41) is 10.4. The van der Waals surface area contributed by atoms with Crippen LogP contribution >= 0.6 is 0 Å². The van der Waals surface area contributed by atoms with Gasteiger partial charge < -0.3 is 14.7 Å². The Labute approximate surface area is 119 Å². The normalized spacial score (nSPS) is 34.5. The van der Waals surface area contributed by atoms with Crippen LogP contribution in [-0.2, 0) is 9.53 Å². The predicted octanol–water partition coefficient (Wildman–Crippen LogP) is 1.89. The van der Waals surface area contributed by atoms with Crippen molar-refractivity contribution in [3.05, 3.63) is 35.9 Å². The molecule has 1 saturated heterocycles. The third-order valence-corrected chi connectivity index (χ3v) is 4.50. The fourth-order valence-electron chi connectivity index (χ4n) is 3.35. The Morgan fingerprint density at radius 2 is 1.90 bits per heavy atom. The van der Waals surface area contributed by atoms with Crippen LogP contribution in [0.3, 0.4) is 0 Å². The zero-order valence-corrected chi connectivity index (χ0v) is 11.7. The number of aliphatic hydroxyl groups excluding tert-OH is 1. The molecule has 1 aliphatic carbocycles. The quantitative estimate of drug-likeness (QED) is 0.851. The summed E-state index contributed by atoms with van der Waals surface area (Å²) in [6.07, 6.45) is 2.52. The number of amides is 1. The Balaban J connectivity index is 1.93. The minimum absolute atomic E-state index is 0.0278. The second-order valence-corrected chi connectivity index (χ2v) is 5.75. The summed E-state index contributed by atoms with van der Waals surface area (Å²) in [7, 11) is 1.78. The summed E-state index contributed by atoms with van der Waals surface area (Å²) in [4.78, 5) is 14.1. The lowest BCUT2D eigenvalue weighted by atomic mass is 9.91. The highest BCUT2D eigenvalue weighted by Crippen LogP contribution is 2.35. The molecular formula is C16H21NO3. The molecule has 1 saturated carbocycles. The fraction of sp³-hybridized carbons (Fsp3) is 0.562. The van der Waals surface area contributed by atoms with E-state index in [0.717, 1.165) is 31.2 Å². The smallest absolute Gasteiger partial charge is 0.254 e. The third-order valence-electron chi connectivity index (χ3n) is 4.50. The van der Waals surface area contributed by atoms with E-state index in [1.165, 1.54) is 0 Å². The molecule has 2 fully saturated rings. The van der Waals surface area contributed by atoms with Gasteiger partial charge in [0.15, 0.2) is 6.10 Å². The Kier molecular flexibility index (Phi) is 3.76. The van der Waals surface area contributed by atoms with Gasteiger partial charge in [0.2, 0.25) is 0 Å². The van der Waals surface area contributed by atoms with Crippen molar-refractivity contribution in [2.75, 3.05) is 7.05 Å². The molecular weight excluding hydrogens is 254 g/mol. The third kappa shape index (κ3) is 2.34. The summed E-state index contributed by atoms with van der Waals surface area (Å²) >= 11 is 0. The Hall–Kier alpha value is -1.39. The molecule has 4 atom stereocenters. The van der Waals surface area contributed by atoms with Crippen molar-refractivity contribution < 1.29 is 14.6 Å². The van der Waals surface area contributed by atoms with E-state index in [1.54, 1.807) is 11.9 Å². The lowest BCUT2D eigenvalue weighted by Gasteiger charge is -2.35. The van der Waals surface area contributed by atoms with E-state index < -0.39 is 12.2 Å². The van der Waals surface area contributed by atoms with Crippen molar-refractivity contribution in [1.82, 2.24) is 4.90 Å². The predicted molar refractivity (Wildman–Crippen MR) is 75.1 cm³/mol. The number of likely N-dealkylation sites (N-methyl/N-ethyl adjacent to an activating group) is 1. The van der Waals surface area contributed by atoms with Gasteiger partial charge in [-0.05, 0) is 18.4 Å². The number of hydrogen-bond acceptors (Lipinski definition) is 3. The largest absolute Gasteiger partial charge is 0.380 e. The Bertz CT molecular complexity index is 476. The molecule has 3 rings (SSSR count). The molecule has 1 aliphatic heterocycles. The first-order valence-corrected chi connectivity index (χ1v) is 7.33. The second kappa shape index (κ2) is 5.54. The number of fused-ring (bicyclic) bond motifs is 1. The molecule has 4 heteroatoms. The number of rotatable bonds is 1. The highest BCUT2D eigenvalue weighted by Gasteiger charge is 2.43. The van der Waals surface area contributed by atoms with Gasteiger partial charge in [-0.25, -0.2) is 0 Å². The van der Waals surface area contributed by atoms with E-state index in [4.69, 9.17) is 4.74 Å². The van der Waals surface area contributed by atoms with Crippen molar-refractivity contribution in [3.63, 3.8) is 0 Å². The van der Waals surface area contributed by atoms with Crippen molar-refractivity contribution >= 4 is 5.91 Å². The Morgan fingerprint density at radius 1 is 1.20 bits per heavy atom. The monoisotopic (exact) mass is 275 g/mol. The zero-order chi connectivity index (χ0) is 14.1. The van der Waals surface area contributed by atoms with Crippen LogP contribution < -0.4 is 0 Å². The molecule has 108 valence electrons. The summed E-state index contributed by atoms with van der Waals surface area (Å²) in [5.41, 5.74) is 0.868. The van der Waals surface area contributed by atoms with Crippen LogP contribution in [0.5, 0.6) is 0 Å². The maximum atomic E-state index is 12.4. The van der Waals surface area contributed by atoms with Gasteiger partial charge in [-0.2, -0.15) is 0 Å². The van der Waals surface area contributed by atoms with Gasteiger partial charge in [-0.1, -0.05) is 43.2 Å². The molecule has 1 amide bonds. The summed E-state index contributed by atoms with van der Waals surface area (Å²) in [5.74, 6) is -0.228. The highest BCUT2D eigenvalue weighted by atomic mass is 16.5. The zero-order valence-electron chi connectivity index (χ0n) is 11.7. The van der Waals surface area contributed by atoms with Gasteiger partial charge in [0, 0.05) is 7.05 Å². The minimum atomic E-state index is -1.12. The van der Waals surface area contributed by atoms with Crippen LogP contribution in [0.2, 0.25) is 0 Å². The first kappa shape index (κ1) is 13.6. The second-order valence-electron chi connectivity index (χ2n) is 5.75. The van der Waals surface area contributed by atoms with Crippen LogP contribution in [-0.4, -0.2) is 41.2 Å². The van der Waals surface area contributed by atoms with E-state index in [9.17, 15) is 9.90 Å². The van der Waals surface area contributed by atoms with Crippen LogP contribution in [0.1, 0.15) is 37.4 Å². The molecule has 1 aromatic rings. The molecule has 0 spiro atoms. The average Bonchev–Trinajstić information content (AvgIpc) is 2.60. The lowest BCUT2D eigenvalue weighted by molar-refractivity contribution is -0.143. The molecule has 0 radical (unpaired) electrons. The SMILES string of the molecule is CN1C(=O)[C@H](O)[C@@H](c2ccccc2)O[C@@H]2CCCC[C@H]21. The summed E-state index contributed by atoms with van der Waals surface area (Å²) in [6, 6.07) is 9.64. The average molecular weight is 275 g/mol. The fourth-order valence-corrected chi connectivity index (χ4v) is 3.35. The van der Waals surface area contributed by atoms with E-state index in [2.05, 4.69) is 0 Å². The maximum Gasteiger partial charge on any atom is 0.254 e. The van der Waals surface area contributed by atoms with Crippen LogP contribution in [0, 0.1) is 0 Å². The first-order valence-electron chi connectivity index (χ1n) is 7.33. The molecule has 0 bridgehead atoms. The van der Waals surface area contributed by atoms with Gasteiger partial charge in [-0.3, -0.25) is 4.79 Å². The number of carbonyl (C=O) groups excluding carboxylic acids is 1. The van der Waals surface area contributed by atoms with Crippen molar-refractivity contribution in [3.8, 4) is 0 Å². The van der Waals surface area contributed by atoms with Crippen molar-refractivity contribution in [2.45, 2.75) is 50.0 Å². The van der Waals surface area contributed by atoms with Gasteiger partial charge in [0.25, 0.3) is 5.91 Å². The molecule has 20 heavy (non-hydrogen) atoms. The Morgan fingerprint density at radius 3 is 2.65 bits per heavy atom. The molecule has 1 aromatic carbocycles. The summed E-state index contributed by atoms with van der Waals surface area (Å²) < 4.78 is 6.14. The standard InChI is InChI=1S/C16H21NO3/c1-17-12-9-5-6-10-13(12)20-15(14(18)16(17)19)11-7-3-2-4-8-11/h2-4,7-8,12-15,18H,5-6,9-10H2,1H3/t12-,13-,14-,15-/m1/s1. The molecule has 4 nitrogen and oxygen atoms in total. The molecule has 0 unspecified atom stereocenters. The molecule has 2 aliphatic rings. The van der Waals surface area contributed by atoms with Crippen molar-refractivity contribution in [2.24, 2.45) is 0 Å². The minimum Gasteiger partial charge on any atom is -0.380 e. The van der Waals surface area contributed by atoms with Gasteiger partial charge in [-0.15, -0.1) is 0 Å². The van der Waals surface area contributed by atoms with E-state index in [1.807, 2.05) is 30.3 Å². The van der Waals surface area contributed by atoms with E-state index in [-0.39, 0.29) is 18.1 Å². The van der Waals surface area contributed by atoms with Gasteiger partial charge >= 0.3 is 0 Å². The van der Waals surface area contributed by atoms with Crippen molar-refractivity contribution in [1.29, 1.82) is 0 Å². The highest BCUT2D eigenvalue weighted by molar-refractivity contribution is 5.82. The van der Waals surface area contributed by atoms with Gasteiger partial charge in [0.1, 0.15) is 6.10 Å². The van der Waals surface area contributed by atoms with Crippen LogP contribution in [0.4, 0.5) is 0 Å². The van der Waals surface area contributed by atoms with Gasteiger partial charge in [0.05, 0.1) is 12.1 Å². The number of hydrogen-bond donors (Lipinski definition) is 1. The van der Waals surface area contributed by atoms with E-state index in [0.29, 0.717) is 0 Å². The van der Waals surface area contributed by atoms with Crippen LogP contribution in [0.25, 0.3) is 0 Å². The number of aliphatic hydroxyl groups is 1. The number of nitrogens with zero attached hydrogens (tertiary/aromatic N) is 1. The topological polar surface area (TPSA) is 49.8 Å². The number of ether oxygens (including phenoxy) is 1. The maximum absolute atomic E-state index is 12.4. The first-order chi connectivity index (χ1) is 9.68. The molecule has 1 N–H and O–H groups in total.